The molecule has 0 unspecified atom stereocenters. The third kappa shape index (κ3) is 4.74. The molecule has 0 aliphatic carbocycles. The largest absolute Gasteiger partial charge is 0.316 e. The van der Waals surface area contributed by atoms with Crippen molar-refractivity contribution in [3.63, 3.8) is 0 Å². The van der Waals surface area contributed by atoms with Gasteiger partial charge in [0.15, 0.2) is 0 Å². The number of benzene rings is 1. The summed E-state index contributed by atoms with van der Waals surface area (Å²) >= 11 is 0. The second-order valence-electron chi connectivity index (χ2n) is 4.72. The van der Waals surface area contributed by atoms with Crippen molar-refractivity contribution < 1.29 is 8.42 Å². The van der Waals surface area contributed by atoms with Gasteiger partial charge in [-0.25, -0.2) is 8.42 Å². The SMILES string of the molecule is C=CCN(C)S(=O)(=O)c1ccc(CCNCCC)cc1. The van der Waals surface area contributed by atoms with Crippen LogP contribution in [0.3, 0.4) is 0 Å². The maximum atomic E-state index is 12.2. The molecular weight excluding hydrogens is 272 g/mol. The van der Waals surface area contributed by atoms with Crippen molar-refractivity contribution in [2.24, 2.45) is 0 Å². The van der Waals surface area contributed by atoms with Crippen LogP contribution in [0.1, 0.15) is 18.9 Å². The summed E-state index contributed by atoms with van der Waals surface area (Å²) in [4.78, 5) is 0.326. The van der Waals surface area contributed by atoms with Gasteiger partial charge in [-0.2, -0.15) is 4.31 Å². The van der Waals surface area contributed by atoms with Crippen LogP contribution >= 0.6 is 0 Å². The minimum atomic E-state index is -3.40. The highest BCUT2D eigenvalue weighted by Crippen LogP contribution is 2.15. The Morgan fingerprint density at radius 3 is 2.45 bits per heavy atom. The number of nitrogens with zero attached hydrogens (tertiary/aromatic N) is 1. The van der Waals surface area contributed by atoms with Crippen LogP contribution in [0.2, 0.25) is 0 Å². The van der Waals surface area contributed by atoms with Gasteiger partial charge in [-0.15, -0.1) is 6.58 Å². The maximum absolute atomic E-state index is 12.2. The quantitative estimate of drug-likeness (QED) is 0.560. The molecular formula is C15H24N2O2S. The van der Waals surface area contributed by atoms with Crippen molar-refractivity contribution in [3.8, 4) is 0 Å². The molecule has 0 saturated carbocycles. The molecule has 0 radical (unpaired) electrons. The van der Waals surface area contributed by atoms with Crippen molar-refractivity contribution >= 4 is 10.0 Å². The van der Waals surface area contributed by atoms with Gasteiger partial charge in [0.2, 0.25) is 10.0 Å². The lowest BCUT2D eigenvalue weighted by Crippen LogP contribution is -2.27. The molecule has 0 aliphatic rings. The van der Waals surface area contributed by atoms with Crippen molar-refractivity contribution in [2.45, 2.75) is 24.7 Å². The third-order valence-corrected chi connectivity index (χ3v) is 4.87. The van der Waals surface area contributed by atoms with Gasteiger partial charge in [-0.1, -0.05) is 25.1 Å². The van der Waals surface area contributed by atoms with Crippen LogP contribution in [0, 0.1) is 0 Å². The fourth-order valence-electron chi connectivity index (χ4n) is 1.82. The molecule has 1 aromatic carbocycles. The number of likely N-dealkylation sites (N-methyl/N-ethyl adjacent to an activating group) is 1. The Kier molecular flexibility index (Phi) is 6.91. The lowest BCUT2D eigenvalue weighted by atomic mass is 10.1. The molecule has 0 heterocycles. The topological polar surface area (TPSA) is 49.4 Å². The van der Waals surface area contributed by atoms with E-state index in [1.807, 2.05) is 12.1 Å². The zero-order chi connectivity index (χ0) is 15.0. The summed E-state index contributed by atoms with van der Waals surface area (Å²) in [6.45, 7) is 7.93. The summed E-state index contributed by atoms with van der Waals surface area (Å²) < 4.78 is 25.7. The molecule has 0 amide bonds. The van der Waals surface area contributed by atoms with Crippen LogP contribution in [-0.4, -0.2) is 39.4 Å². The molecule has 0 atom stereocenters. The predicted octanol–water partition coefficient (Wildman–Crippen LogP) is 2.04. The van der Waals surface area contributed by atoms with Crippen LogP contribution < -0.4 is 5.32 Å². The van der Waals surface area contributed by atoms with Crippen LogP contribution in [0.5, 0.6) is 0 Å². The zero-order valence-electron chi connectivity index (χ0n) is 12.3. The van der Waals surface area contributed by atoms with Gasteiger partial charge in [0.1, 0.15) is 0 Å². The van der Waals surface area contributed by atoms with Gasteiger partial charge in [0, 0.05) is 13.6 Å². The molecule has 20 heavy (non-hydrogen) atoms. The number of hydrogen-bond acceptors (Lipinski definition) is 3. The van der Waals surface area contributed by atoms with Crippen molar-refractivity contribution in [1.29, 1.82) is 0 Å². The summed E-state index contributed by atoms with van der Waals surface area (Å²) in [5, 5.41) is 3.33. The molecule has 0 aromatic heterocycles. The molecule has 0 aliphatic heterocycles. The van der Waals surface area contributed by atoms with E-state index in [0.717, 1.165) is 31.5 Å². The van der Waals surface area contributed by atoms with Crippen LogP contribution in [0.25, 0.3) is 0 Å². The fraction of sp³-hybridized carbons (Fsp3) is 0.467. The Balaban J connectivity index is 2.68. The van der Waals surface area contributed by atoms with E-state index >= 15 is 0 Å². The van der Waals surface area contributed by atoms with E-state index in [2.05, 4.69) is 18.8 Å². The lowest BCUT2D eigenvalue weighted by Gasteiger charge is -2.15. The molecule has 1 rings (SSSR count). The van der Waals surface area contributed by atoms with E-state index in [-0.39, 0.29) is 0 Å². The van der Waals surface area contributed by atoms with Crippen LogP contribution in [0.4, 0.5) is 0 Å². The maximum Gasteiger partial charge on any atom is 0.243 e. The molecule has 112 valence electrons. The van der Waals surface area contributed by atoms with E-state index in [1.165, 1.54) is 4.31 Å². The van der Waals surface area contributed by atoms with Gasteiger partial charge < -0.3 is 5.32 Å². The average Bonchev–Trinajstić information content (AvgIpc) is 2.44. The number of nitrogens with one attached hydrogen (secondary N) is 1. The molecule has 0 fully saturated rings. The van der Waals surface area contributed by atoms with E-state index in [9.17, 15) is 8.42 Å². The standard InChI is InChI=1S/C15H24N2O2S/c1-4-11-16-12-10-14-6-8-15(9-7-14)20(18,19)17(3)13-5-2/h5-9,16H,2,4,10-13H2,1,3H3. The second kappa shape index (κ2) is 8.19. The Bertz CT molecular complexity index is 509. The Labute approximate surface area is 122 Å². The highest BCUT2D eigenvalue weighted by atomic mass is 32.2. The van der Waals surface area contributed by atoms with Crippen molar-refractivity contribution in [1.82, 2.24) is 9.62 Å². The van der Waals surface area contributed by atoms with E-state index in [4.69, 9.17) is 0 Å². The number of sulfonamides is 1. The minimum absolute atomic E-state index is 0.311. The Morgan fingerprint density at radius 2 is 1.90 bits per heavy atom. The second-order valence-corrected chi connectivity index (χ2v) is 6.76. The smallest absolute Gasteiger partial charge is 0.243 e. The first kappa shape index (κ1) is 16.9. The molecule has 0 saturated heterocycles. The normalized spacial score (nSPS) is 11.8. The minimum Gasteiger partial charge on any atom is -0.316 e. The summed E-state index contributed by atoms with van der Waals surface area (Å²) in [7, 11) is -1.85. The Morgan fingerprint density at radius 1 is 1.25 bits per heavy atom. The summed E-state index contributed by atoms with van der Waals surface area (Å²) in [6.07, 6.45) is 3.60. The monoisotopic (exact) mass is 296 g/mol. The highest BCUT2D eigenvalue weighted by Gasteiger charge is 2.19. The summed E-state index contributed by atoms with van der Waals surface area (Å²) in [5.74, 6) is 0. The first-order valence-electron chi connectivity index (χ1n) is 6.89. The molecule has 1 aromatic rings. The highest BCUT2D eigenvalue weighted by molar-refractivity contribution is 7.89. The van der Waals surface area contributed by atoms with Gasteiger partial charge in [-0.05, 0) is 43.6 Å². The van der Waals surface area contributed by atoms with Gasteiger partial charge in [0.25, 0.3) is 0 Å². The molecule has 1 N–H and O–H groups in total. The molecule has 0 spiro atoms. The average molecular weight is 296 g/mol. The van der Waals surface area contributed by atoms with Gasteiger partial charge in [0.05, 0.1) is 4.90 Å². The Hall–Kier alpha value is -1.17. The van der Waals surface area contributed by atoms with Crippen molar-refractivity contribution in [2.75, 3.05) is 26.7 Å². The van der Waals surface area contributed by atoms with Crippen LogP contribution in [-0.2, 0) is 16.4 Å². The first-order valence-corrected chi connectivity index (χ1v) is 8.33. The van der Waals surface area contributed by atoms with Crippen molar-refractivity contribution in [3.05, 3.63) is 42.5 Å². The molecule has 4 nitrogen and oxygen atoms in total. The number of rotatable bonds is 9. The molecule has 0 bridgehead atoms. The van der Waals surface area contributed by atoms with E-state index in [1.54, 1.807) is 25.3 Å². The fourth-order valence-corrected chi connectivity index (χ4v) is 2.96. The lowest BCUT2D eigenvalue weighted by molar-refractivity contribution is 0.499. The first-order chi connectivity index (χ1) is 9.52. The molecule has 5 heteroatoms. The zero-order valence-corrected chi connectivity index (χ0v) is 13.1. The van der Waals surface area contributed by atoms with Gasteiger partial charge >= 0.3 is 0 Å². The summed E-state index contributed by atoms with van der Waals surface area (Å²) in [6, 6.07) is 7.10. The third-order valence-electron chi connectivity index (χ3n) is 3.03. The van der Waals surface area contributed by atoms with E-state index < -0.39 is 10.0 Å². The predicted molar refractivity (Wildman–Crippen MR) is 83.3 cm³/mol. The van der Waals surface area contributed by atoms with Crippen LogP contribution in [0.15, 0.2) is 41.8 Å². The van der Waals surface area contributed by atoms with E-state index in [0.29, 0.717) is 11.4 Å². The number of hydrogen-bond donors (Lipinski definition) is 1. The summed E-state index contributed by atoms with van der Waals surface area (Å²) in [5.41, 5.74) is 1.14. The van der Waals surface area contributed by atoms with Gasteiger partial charge in [-0.3, -0.25) is 0 Å².